The van der Waals surface area contributed by atoms with Gasteiger partial charge in [0.2, 0.25) is 11.8 Å². The zero-order valence-electron chi connectivity index (χ0n) is 14.8. The number of aliphatic hydroxyl groups excluding tert-OH is 1. The van der Waals surface area contributed by atoms with Crippen LogP contribution in [0.15, 0.2) is 22.7 Å². The lowest BCUT2D eigenvalue weighted by molar-refractivity contribution is -0.132. The third kappa shape index (κ3) is 3.70. The van der Waals surface area contributed by atoms with Gasteiger partial charge < -0.3 is 19.3 Å². The molecule has 0 spiro atoms. The Morgan fingerprint density at radius 3 is 3.00 bits per heavy atom. The quantitative estimate of drug-likeness (QED) is 0.845. The number of amides is 1. The number of hydrogen-bond donors (Lipinski definition) is 1. The lowest BCUT2D eigenvalue weighted by Crippen LogP contribution is -2.32. The van der Waals surface area contributed by atoms with Crippen molar-refractivity contribution in [1.82, 2.24) is 15.0 Å². The number of likely N-dealkylation sites (tertiary alicyclic amines) is 1. The van der Waals surface area contributed by atoms with Gasteiger partial charge in [0.15, 0.2) is 17.4 Å². The number of hydrogen-bond acceptors (Lipinski definition) is 6. The van der Waals surface area contributed by atoms with Crippen molar-refractivity contribution in [2.45, 2.75) is 44.8 Å². The summed E-state index contributed by atoms with van der Waals surface area (Å²) >= 11 is 0. The van der Waals surface area contributed by atoms with Crippen molar-refractivity contribution in [3.8, 4) is 5.75 Å². The highest BCUT2D eigenvalue weighted by molar-refractivity contribution is 5.77. The van der Waals surface area contributed by atoms with Crippen LogP contribution in [-0.2, 0) is 17.6 Å². The van der Waals surface area contributed by atoms with Gasteiger partial charge in [-0.25, -0.2) is 4.39 Å². The highest BCUT2D eigenvalue weighted by Gasteiger charge is 2.38. The summed E-state index contributed by atoms with van der Waals surface area (Å²) in [6.07, 6.45) is 0.689. The minimum atomic E-state index is -0.644. The van der Waals surface area contributed by atoms with Gasteiger partial charge in [0.05, 0.1) is 13.2 Å². The fourth-order valence-electron chi connectivity index (χ4n) is 3.16. The summed E-state index contributed by atoms with van der Waals surface area (Å²) in [5.74, 6) is 0.407. The largest absolute Gasteiger partial charge is 0.494 e. The van der Waals surface area contributed by atoms with Crippen LogP contribution in [0.2, 0.25) is 0 Å². The predicted octanol–water partition coefficient (Wildman–Crippen LogP) is 2.05. The molecule has 140 valence electrons. The standard InChI is InChI=1S/C18H22FN3O4/c1-3-15-20-18(26-21-15)13-9-12(23)10-22(13)16(24)8-7-11-5-4-6-14(25-2)17(11)19/h4-6,12-13,23H,3,7-10H2,1-2H3/t12-,13+/m0/s1. The minimum absolute atomic E-state index is 0.113. The average Bonchev–Trinajstić information content (AvgIpc) is 3.26. The van der Waals surface area contributed by atoms with E-state index in [1.54, 1.807) is 12.1 Å². The zero-order chi connectivity index (χ0) is 18.7. The van der Waals surface area contributed by atoms with Crippen molar-refractivity contribution >= 4 is 5.91 Å². The summed E-state index contributed by atoms with van der Waals surface area (Å²) in [6, 6.07) is 4.41. The maximum absolute atomic E-state index is 14.2. The van der Waals surface area contributed by atoms with Gasteiger partial charge in [-0.05, 0) is 18.1 Å². The molecule has 0 bridgehead atoms. The number of nitrogens with zero attached hydrogens (tertiary/aromatic N) is 3. The first-order valence-electron chi connectivity index (χ1n) is 8.64. The molecule has 1 N–H and O–H groups in total. The molecule has 1 aliphatic heterocycles. The molecule has 26 heavy (non-hydrogen) atoms. The summed E-state index contributed by atoms with van der Waals surface area (Å²) in [7, 11) is 1.40. The molecule has 2 aromatic rings. The van der Waals surface area contributed by atoms with E-state index in [1.165, 1.54) is 18.1 Å². The number of carbonyl (C=O) groups excluding carboxylic acids is 1. The van der Waals surface area contributed by atoms with E-state index in [4.69, 9.17) is 9.26 Å². The topological polar surface area (TPSA) is 88.7 Å². The molecular weight excluding hydrogens is 341 g/mol. The molecule has 1 fully saturated rings. The maximum atomic E-state index is 14.2. The third-order valence-electron chi connectivity index (χ3n) is 4.56. The number of ether oxygens (including phenoxy) is 1. The monoisotopic (exact) mass is 363 g/mol. The number of carbonyl (C=O) groups is 1. The molecule has 8 heteroatoms. The highest BCUT2D eigenvalue weighted by atomic mass is 19.1. The van der Waals surface area contributed by atoms with Crippen LogP contribution in [-0.4, -0.2) is 45.8 Å². The van der Waals surface area contributed by atoms with Crippen LogP contribution in [0.3, 0.4) is 0 Å². The molecule has 1 saturated heterocycles. The molecule has 1 aromatic heterocycles. The number of β-amino-alcohol motifs (C(OH)–C–C–N with tert-alkyl or cyclic N) is 1. The van der Waals surface area contributed by atoms with E-state index in [0.29, 0.717) is 30.1 Å². The maximum Gasteiger partial charge on any atom is 0.249 e. The van der Waals surface area contributed by atoms with Gasteiger partial charge >= 0.3 is 0 Å². The van der Waals surface area contributed by atoms with Crippen molar-refractivity contribution in [3.05, 3.63) is 41.3 Å². The number of benzene rings is 1. The van der Waals surface area contributed by atoms with E-state index in [9.17, 15) is 14.3 Å². The van der Waals surface area contributed by atoms with E-state index >= 15 is 0 Å². The number of aryl methyl sites for hydroxylation is 2. The predicted molar refractivity (Wildman–Crippen MR) is 90.0 cm³/mol. The van der Waals surface area contributed by atoms with Crippen molar-refractivity contribution in [2.75, 3.05) is 13.7 Å². The first-order chi connectivity index (χ1) is 12.5. The average molecular weight is 363 g/mol. The Bertz CT molecular complexity index is 780. The summed E-state index contributed by atoms with van der Waals surface area (Å²) in [5, 5.41) is 13.8. The van der Waals surface area contributed by atoms with E-state index in [2.05, 4.69) is 10.1 Å². The molecule has 0 saturated carbocycles. The van der Waals surface area contributed by atoms with Crippen LogP contribution in [0.4, 0.5) is 4.39 Å². The smallest absolute Gasteiger partial charge is 0.249 e. The lowest BCUT2D eigenvalue weighted by Gasteiger charge is -2.21. The van der Waals surface area contributed by atoms with Gasteiger partial charge in [0.25, 0.3) is 0 Å². The van der Waals surface area contributed by atoms with E-state index < -0.39 is 18.0 Å². The Morgan fingerprint density at radius 2 is 2.31 bits per heavy atom. The fraction of sp³-hybridized carbons (Fsp3) is 0.500. The van der Waals surface area contributed by atoms with Crippen molar-refractivity contribution in [3.63, 3.8) is 0 Å². The molecule has 3 rings (SSSR count). The molecular formula is C18H22FN3O4. The number of aromatic nitrogens is 2. The van der Waals surface area contributed by atoms with E-state index in [1.807, 2.05) is 6.92 Å². The van der Waals surface area contributed by atoms with Crippen LogP contribution < -0.4 is 4.74 Å². The molecule has 1 aromatic carbocycles. The molecule has 1 aliphatic rings. The van der Waals surface area contributed by atoms with Gasteiger partial charge in [-0.1, -0.05) is 24.2 Å². The van der Waals surface area contributed by atoms with Crippen LogP contribution in [0, 0.1) is 5.82 Å². The minimum Gasteiger partial charge on any atom is -0.494 e. The van der Waals surface area contributed by atoms with Crippen LogP contribution in [0.5, 0.6) is 5.75 Å². The summed E-state index contributed by atoms with van der Waals surface area (Å²) < 4.78 is 24.4. The molecule has 0 aliphatic carbocycles. The number of methoxy groups -OCH3 is 1. The van der Waals surface area contributed by atoms with E-state index in [-0.39, 0.29) is 31.0 Å². The number of rotatable bonds is 6. The fourth-order valence-corrected chi connectivity index (χ4v) is 3.16. The van der Waals surface area contributed by atoms with Crippen LogP contribution in [0.1, 0.15) is 43.1 Å². The first-order valence-corrected chi connectivity index (χ1v) is 8.64. The van der Waals surface area contributed by atoms with Crippen molar-refractivity contribution in [2.24, 2.45) is 0 Å². The molecule has 0 unspecified atom stereocenters. The third-order valence-corrected chi connectivity index (χ3v) is 4.56. The number of halogens is 1. The van der Waals surface area contributed by atoms with Crippen LogP contribution >= 0.6 is 0 Å². The van der Waals surface area contributed by atoms with Crippen molar-refractivity contribution < 1.29 is 23.6 Å². The first kappa shape index (κ1) is 18.3. The summed E-state index contributed by atoms with van der Waals surface area (Å²) in [6.45, 7) is 2.11. The number of aliphatic hydroxyl groups is 1. The lowest BCUT2D eigenvalue weighted by atomic mass is 10.1. The SMILES string of the molecule is CCc1noc([C@H]2C[C@H](O)CN2C(=O)CCc2cccc(OC)c2F)n1. The van der Waals surface area contributed by atoms with Crippen molar-refractivity contribution in [1.29, 1.82) is 0 Å². The van der Waals surface area contributed by atoms with Gasteiger partial charge in [-0.3, -0.25) is 4.79 Å². The second-order valence-electron chi connectivity index (χ2n) is 6.29. The normalized spacial score (nSPS) is 19.8. The molecule has 1 amide bonds. The molecule has 7 nitrogen and oxygen atoms in total. The Balaban J connectivity index is 1.70. The Labute approximate surface area is 150 Å². The Hall–Kier alpha value is -2.48. The van der Waals surface area contributed by atoms with Gasteiger partial charge in [0.1, 0.15) is 6.04 Å². The van der Waals surface area contributed by atoms with Gasteiger partial charge in [-0.2, -0.15) is 4.98 Å². The van der Waals surface area contributed by atoms with Gasteiger partial charge in [0, 0.05) is 25.8 Å². The Kier molecular flexibility index (Phi) is 5.51. The van der Waals surface area contributed by atoms with Gasteiger partial charge in [-0.15, -0.1) is 0 Å². The second kappa shape index (κ2) is 7.82. The van der Waals surface area contributed by atoms with Crippen LogP contribution in [0.25, 0.3) is 0 Å². The second-order valence-corrected chi connectivity index (χ2v) is 6.29. The van der Waals surface area contributed by atoms with E-state index in [0.717, 1.165) is 0 Å². The molecule has 0 radical (unpaired) electrons. The summed E-state index contributed by atoms with van der Waals surface area (Å²) in [5.41, 5.74) is 0.417. The molecule has 2 atom stereocenters. The molecule has 2 heterocycles. The summed E-state index contributed by atoms with van der Waals surface area (Å²) in [4.78, 5) is 18.5. The zero-order valence-corrected chi connectivity index (χ0v) is 14.8. The Morgan fingerprint density at radius 1 is 1.50 bits per heavy atom. The highest BCUT2D eigenvalue weighted by Crippen LogP contribution is 2.32.